The Kier molecular flexibility index (Phi) is 13.6. The maximum atomic E-state index is 12.4. The van der Waals surface area contributed by atoms with Crippen molar-refractivity contribution in [3.8, 4) is 0 Å². The van der Waals surface area contributed by atoms with Gasteiger partial charge in [-0.3, -0.25) is 4.79 Å². The third kappa shape index (κ3) is 12.9. The fourth-order valence-electron chi connectivity index (χ4n) is 3.84. The van der Waals surface area contributed by atoms with Crippen LogP contribution in [0.15, 0.2) is 36.4 Å². The van der Waals surface area contributed by atoms with Crippen LogP contribution in [0.25, 0.3) is 0 Å². The molecule has 0 saturated heterocycles. The van der Waals surface area contributed by atoms with E-state index in [1.165, 1.54) is 11.1 Å². The van der Waals surface area contributed by atoms with Gasteiger partial charge in [0.1, 0.15) is 0 Å². The topological polar surface area (TPSA) is 130 Å². The summed E-state index contributed by atoms with van der Waals surface area (Å²) in [4.78, 5) is 25.6. The highest BCUT2D eigenvalue weighted by atomic mass is 35.5. The number of carboxylic acids is 1. The zero-order chi connectivity index (χ0) is 28.1. The molecule has 1 aliphatic rings. The van der Waals surface area contributed by atoms with E-state index in [0.29, 0.717) is 6.54 Å². The van der Waals surface area contributed by atoms with Crippen LogP contribution in [0.1, 0.15) is 56.4 Å². The van der Waals surface area contributed by atoms with E-state index < -0.39 is 15.8 Å². The maximum absolute atomic E-state index is 12.4. The number of sulfone groups is 1. The van der Waals surface area contributed by atoms with Gasteiger partial charge in [0.05, 0.1) is 22.2 Å². The van der Waals surface area contributed by atoms with Crippen LogP contribution >= 0.6 is 11.6 Å². The van der Waals surface area contributed by atoms with Gasteiger partial charge in [-0.1, -0.05) is 69.6 Å². The summed E-state index contributed by atoms with van der Waals surface area (Å²) in [5, 5.41) is 15.4. The average molecular weight is 553 g/mol. The van der Waals surface area contributed by atoms with Crippen molar-refractivity contribution in [3.63, 3.8) is 0 Å². The number of carbonyl (C=O) groups is 1. The second kappa shape index (κ2) is 15.5. The lowest BCUT2D eigenvalue weighted by Gasteiger charge is -2.18. The molecule has 0 spiro atoms. The fourth-order valence-corrected chi connectivity index (χ4v) is 6.21. The van der Waals surface area contributed by atoms with Gasteiger partial charge in [-0.05, 0) is 59.7 Å². The Morgan fingerprint density at radius 1 is 1.05 bits per heavy atom. The van der Waals surface area contributed by atoms with Crippen LogP contribution in [-0.4, -0.2) is 44.5 Å². The van der Waals surface area contributed by atoms with Gasteiger partial charge >= 0.3 is 12.1 Å². The van der Waals surface area contributed by atoms with E-state index in [0.717, 1.165) is 47.8 Å². The largest absolute Gasteiger partial charge is 0.481 e. The molecule has 8 nitrogen and oxygen atoms in total. The molecular formula is C27H37ClN2O6S. The second-order valence-electron chi connectivity index (χ2n) is 9.90. The summed E-state index contributed by atoms with van der Waals surface area (Å²) in [7, 11) is -3.12. The number of hydrogen-bond acceptors (Lipinski definition) is 7. The number of rotatable bonds is 7. The molecule has 3 rings (SSSR count). The van der Waals surface area contributed by atoms with Gasteiger partial charge < -0.3 is 15.7 Å². The van der Waals surface area contributed by atoms with Crippen LogP contribution in [0.3, 0.4) is 0 Å². The number of benzene rings is 2. The Labute approximate surface area is 224 Å². The van der Waals surface area contributed by atoms with Crippen LogP contribution in [0, 0.1) is 5.41 Å². The molecule has 3 N–H and O–H groups in total. The molecule has 2 aromatic rings. The first-order chi connectivity index (χ1) is 17.3. The summed E-state index contributed by atoms with van der Waals surface area (Å²) in [6.45, 7) is 10.1. The van der Waals surface area contributed by atoms with Crippen molar-refractivity contribution in [2.24, 2.45) is 5.41 Å². The van der Waals surface area contributed by atoms with E-state index in [-0.39, 0.29) is 29.5 Å². The summed E-state index contributed by atoms with van der Waals surface area (Å²) in [5.74, 6) is -0.469. The van der Waals surface area contributed by atoms with Gasteiger partial charge in [0, 0.05) is 13.0 Å². The SMILES string of the molecule is CC(C)(C)CS(=O)(=O)Cc1ccc(CNc2c(Cl)ccc3c2CCNCC3)cc1.CCC(=O)O.O=C=O. The van der Waals surface area contributed by atoms with Gasteiger partial charge in [-0.2, -0.15) is 9.59 Å². The highest BCUT2D eigenvalue weighted by Gasteiger charge is 2.22. The van der Waals surface area contributed by atoms with Gasteiger partial charge in [0.25, 0.3) is 0 Å². The third-order valence-corrected chi connectivity index (χ3v) is 7.71. The predicted octanol–water partition coefficient (Wildman–Crippen LogP) is 4.50. The van der Waals surface area contributed by atoms with E-state index >= 15 is 0 Å². The molecule has 0 atom stereocenters. The molecule has 0 radical (unpaired) electrons. The molecule has 2 aromatic carbocycles. The van der Waals surface area contributed by atoms with Crippen LogP contribution in [0.2, 0.25) is 5.02 Å². The minimum Gasteiger partial charge on any atom is -0.481 e. The molecular weight excluding hydrogens is 516 g/mol. The van der Waals surface area contributed by atoms with Crippen LogP contribution in [0.4, 0.5) is 5.69 Å². The van der Waals surface area contributed by atoms with Crippen molar-refractivity contribution in [2.75, 3.05) is 24.2 Å². The summed E-state index contributed by atoms with van der Waals surface area (Å²) >= 11 is 6.48. The number of aliphatic carboxylic acids is 1. The van der Waals surface area contributed by atoms with E-state index in [1.54, 1.807) is 6.92 Å². The average Bonchev–Trinajstić information content (AvgIpc) is 3.04. The van der Waals surface area contributed by atoms with Crippen molar-refractivity contribution in [1.29, 1.82) is 0 Å². The number of carboxylic acid groups (broad SMARTS) is 1. The minimum atomic E-state index is -3.12. The first kappa shape index (κ1) is 32.3. The monoisotopic (exact) mass is 552 g/mol. The van der Waals surface area contributed by atoms with Gasteiger partial charge in [-0.25, -0.2) is 8.42 Å². The highest BCUT2D eigenvalue weighted by Crippen LogP contribution is 2.31. The number of halogens is 1. The predicted molar refractivity (Wildman–Crippen MR) is 145 cm³/mol. The zero-order valence-corrected chi connectivity index (χ0v) is 23.5. The summed E-state index contributed by atoms with van der Waals surface area (Å²) in [5.41, 5.74) is 5.36. The number of fused-ring (bicyclic) bond motifs is 1. The second-order valence-corrected chi connectivity index (χ2v) is 12.4. The van der Waals surface area contributed by atoms with E-state index in [9.17, 15) is 13.2 Å². The van der Waals surface area contributed by atoms with Crippen molar-refractivity contribution >= 4 is 39.2 Å². The van der Waals surface area contributed by atoms with Crippen molar-refractivity contribution in [1.82, 2.24) is 5.32 Å². The Balaban J connectivity index is 0.000000751. The number of hydrogen-bond donors (Lipinski definition) is 3. The van der Waals surface area contributed by atoms with Crippen molar-refractivity contribution in [3.05, 3.63) is 63.7 Å². The van der Waals surface area contributed by atoms with Crippen LogP contribution < -0.4 is 10.6 Å². The van der Waals surface area contributed by atoms with E-state index in [1.807, 2.05) is 51.1 Å². The molecule has 0 unspecified atom stereocenters. The Hall–Kier alpha value is -2.71. The lowest BCUT2D eigenvalue weighted by Crippen LogP contribution is -2.22. The summed E-state index contributed by atoms with van der Waals surface area (Å²) in [6.07, 6.45) is 2.45. The Morgan fingerprint density at radius 2 is 1.59 bits per heavy atom. The number of anilines is 1. The van der Waals surface area contributed by atoms with Gasteiger partial charge in [-0.15, -0.1) is 0 Å². The van der Waals surface area contributed by atoms with E-state index in [2.05, 4.69) is 16.7 Å². The third-order valence-electron chi connectivity index (χ3n) is 5.32. The fraction of sp³-hybridized carbons (Fsp3) is 0.481. The molecule has 0 amide bonds. The van der Waals surface area contributed by atoms with Crippen molar-refractivity contribution < 1.29 is 27.9 Å². The first-order valence-corrected chi connectivity index (χ1v) is 14.3. The molecule has 1 aliphatic heterocycles. The lowest BCUT2D eigenvalue weighted by atomic mass is 10.0. The zero-order valence-electron chi connectivity index (χ0n) is 21.9. The standard InChI is InChI=1S/C23H31ClN2O2S.C3H6O2.CO2/c1-23(2,3)16-29(27,28)15-18-6-4-17(5-7-18)14-26-22-20-11-13-25-12-10-19(20)8-9-21(22)24;1-2-3(4)5;2-1-3/h4-9,25-26H,10-16H2,1-3H3;2H2,1H3,(H,4,5);. The molecule has 1 heterocycles. The number of carbonyl (C=O) groups excluding carboxylic acids is 2. The van der Waals surface area contributed by atoms with Crippen LogP contribution in [0.5, 0.6) is 0 Å². The summed E-state index contributed by atoms with van der Waals surface area (Å²) < 4.78 is 24.8. The first-order valence-electron chi connectivity index (χ1n) is 12.1. The Morgan fingerprint density at radius 3 is 2.14 bits per heavy atom. The van der Waals surface area contributed by atoms with Gasteiger partial charge in [0.2, 0.25) is 0 Å². The van der Waals surface area contributed by atoms with E-state index in [4.69, 9.17) is 26.3 Å². The molecule has 0 aliphatic carbocycles. The quantitative estimate of drug-likeness (QED) is 0.458. The van der Waals surface area contributed by atoms with Crippen molar-refractivity contribution in [2.45, 2.75) is 59.3 Å². The van der Waals surface area contributed by atoms with Gasteiger partial charge in [0.15, 0.2) is 9.84 Å². The normalized spacial score (nSPS) is 12.9. The summed E-state index contributed by atoms with van der Waals surface area (Å²) in [6, 6.07) is 11.9. The van der Waals surface area contributed by atoms with Crippen LogP contribution in [-0.2, 0) is 49.4 Å². The Bertz CT molecular complexity index is 1150. The molecule has 10 heteroatoms. The molecule has 0 bridgehead atoms. The smallest absolute Gasteiger partial charge is 0.373 e. The number of nitrogens with one attached hydrogen (secondary N) is 2. The highest BCUT2D eigenvalue weighted by molar-refractivity contribution is 7.90. The molecule has 0 saturated carbocycles. The molecule has 37 heavy (non-hydrogen) atoms. The maximum Gasteiger partial charge on any atom is 0.373 e. The molecule has 0 aromatic heterocycles. The minimum absolute atomic E-state index is 0.0863. The molecule has 204 valence electrons. The lowest BCUT2D eigenvalue weighted by molar-refractivity contribution is -0.191. The molecule has 0 fully saturated rings.